The highest BCUT2D eigenvalue weighted by atomic mass is 16.6. The third kappa shape index (κ3) is 5.26. The van der Waals surface area contributed by atoms with Crippen LogP contribution in [0.5, 0.6) is 17.2 Å². The standard InChI is InChI=1S/C23H31NO6/c1-14-6-5-7-18(15(14)2)24-23(26)16(3)30-21(25)9-8-17-12-19(27-4)22-20(13-17)28-10-11-29-22/h8-9,12-16,18H,5-7,10-11H2,1-4H3,(H,24,26)/b9-8+/t14-,15+,16+,18-/m0/s1. The summed E-state index contributed by atoms with van der Waals surface area (Å²) in [5, 5.41) is 3.04. The van der Waals surface area contributed by atoms with E-state index in [1.165, 1.54) is 12.5 Å². The zero-order valence-electron chi connectivity index (χ0n) is 18.1. The summed E-state index contributed by atoms with van der Waals surface area (Å²) in [7, 11) is 1.55. The van der Waals surface area contributed by atoms with E-state index < -0.39 is 12.1 Å². The van der Waals surface area contributed by atoms with E-state index in [0.29, 0.717) is 47.9 Å². The molecule has 1 aromatic rings. The summed E-state index contributed by atoms with van der Waals surface area (Å²) in [6, 6.07) is 3.64. The van der Waals surface area contributed by atoms with Gasteiger partial charge in [-0.1, -0.05) is 26.7 Å². The fourth-order valence-electron chi connectivity index (χ4n) is 3.91. The molecule has 0 unspecified atom stereocenters. The molecule has 1 aliphatic carbocycles. The quantitative estimate of drug-likeness (QED) is 0.565. The Balaban J connectivity index is 1.57. The van der Waals surface area contributed by atoms with E-state index in [9.17, 15) is 9.59 Å². The summed E-state index contributed by atoms with van der Waals surface area (Å²) in [6.07, 6.45) is 5.28. The van der Waals surface area contributed by atoms with Crippen LogP contribution in [0.2, 0.25) is 0 Å². The van der Waals surface area contributed by atoms with E-state index >= 15 is 0 Å². The van der Waals surface area contributed by atoms with Gasteiger partial charge in [0, 0.05) is 12.1 Å². The van der Waals surface area contributed by atoms with Gasteiger partial charge in [0.05, 0.1) is 7.11 Å². The maximum atomic E-state index is 12.5. The first-order valence-corrected chi connectivity index (χ1v) is 10.6. The molecule has 4 atom stereocenters. The minimum atomic E-state index is -0.860. The second-order valence-electron chi connectivity index (χ2n) is 8.04. The molecule has 7 heteroatoms. The fourth-order valence-corrected chi connectivity index (χ4v) is 3.91. The van der Waals surface area contributed by atoms with Gasteiger partial charge in [-0.3, -0.25) is 4.79 Å². The van der Waals surface area contributed by atoms with Crippen molar-refractivity contribution in [3.05, 3.63) is 23.8 Å². The van der Waals surface area contributed by atoms with E-state index in [0.717, 1.165) is 12.8 Å². The number of carbonyl (C=O) groups is 2. The maximum absolute atomic E-state index is 12.5. The van der Waals surface area contributed by atoms with E-state index in [4.69, 9.17) is 18.9 Å². The van der Waals surface area contributed by atoms with Crippen molar-refractivity contribution in [2.75, 3.05) is 20.3 Å². The van der Waals surface area contributed by atoms with E-state index in [-0.39, 0.29) is 11.9 Å². The summed E-state index contributed by atoms with van der Waals surface area (Å²) in [4.78, 5) is 24.7. The van der Waals surface area contributed by atoms with Crippen molar-refractivity contribution < 1.29 is 28.5 Å². The first-order chi connectivity index (χ1) is 14.4. The lowest BCUT2D eigenvalue weighted by atomic mass is 9.78. The van der Waals surface area contributed by atoms with Crippen LogP contribution in [0.4, 0.5) is 0 Å². The van der Waals surface area contributed by atoms with E-state index in [1.807, 2.05) is 0 Å². The molecule has 0 radical (unpaired) electrons. The molecule has 0 spiro atoms. The van der Waals surface area contributed by atoms with Crippen LogP contribution in [0.15, 0.2) is 18.2 Å². The molecule has 1 aliphatic heterocycles. The zero-order valence-corrected chi connectivity index (χ0v) is 18.1. The van der Waals surface area contributed by atoms with Gasteiger partial charge in [-0.05, 0) is 49.0 Å². The van der Waals surface area contributed by atoms with E-state index in [2.05, 4.69) is 19.2 Å². The Bertz CT molecular complexity index is 788. The largest absolute Gasteiger partial charge is 0.493 e. The van der Waals surface area contributed by atoms with Gasteiger partial charge in [-0.25, -0.2) is 4.79 Å². The number of carbonyl (C=O) groups excluding carboxylic acids is 2. The molecular weight excluding hydrogens is 386 g/mol. The SMILES string of the molecule is COc1cc(/C=C/C(=O)O[C@H](C)C(=O)N[C@H]2CCC[C@H](C)[C@H]2C)cc2c1OCCO2. The molecule has 2 aliphatic rings. The number of hydrogen-bond acceptors (Lipinski definition) is 6. The maximum Gasteiger partial charge on any atom is 0.331 e. The average molecular weight is 418 g/mol. The fraction of sp³-hybridized carbons (Fsp3) is 0.565. The lowest BCUT2D eigenvalue weighted by Crippen LogP contribution is -2.47. The average Bonchev–Trinajstić information content (AvgIpc) is 2.74. The molecule has 1 amide bonds. The summed E-state index contributed by atoms with van der Waals surface area (Å²) in [5.41, 5.74) is 0.704. The van der Waals surface area contributed by atoms with Crippen molar-refractivity contribution in [2.24, 2.45) is 11.8 Å². The third-order valence-electron chi connectivity index (χ3n) is 5.96. The number of ether oxygens (including phenoxy) is 4. The number of hydrogen-bond donors (Lipinski definition) is 1. The second kappa shape index (κ2) is 9.87. The van der Waals surface area contributed by atoms with Crippen molar-refractivity contribution in [3.63, 3.8) is 0 Å². The van der Waals surface area contributed by atoms with Crippen LogP contribution in [0.25, 0.3) is 6.08 Å². The molecule has 1 saturated carbocycles. The zero-order chi connectivity index (χ0) is 21.7. The number of methoxy groups -OCH3 is 1. The van der Waals surface area contributed by atoms with Gasteiger partial charge in [0.2, 0.25) is 5.75 Å². The molecule has 1 aromatic carbocycles. The lowest BCUT2D eigenvalue weighted by Gasteiger charge is -2.35. The van der Waals surface area contributed by atoms with Crippen molar-refractivity contribution >= 4 is 18.0 Å². The first-order valence-electron chi connectivity index (χ1n) is 10.6. The molecule has 1 N–H and O–H groups in total. The minimum absolute atomic E-state index is 0.128. The van der Waals surface area contributed by atoms with Crippen molar-refractivity contribution in [1.29, 1.82) is 0 Å². The molecular formula is C23H31NO6. The number of esters is 1. The van der Waals surface area contributed by atoms with Crippen LogP contribution in [-0.2, 0) is 14.3 Å². The molecule has 3 rings (SSSR count). The molecule has 1 fully saturated rings. The highest BCUT2D eigenvalue weighted by Gasteiger charge is 2.30. The Morgan fingerprint density at radius 2 is 1.97 bits per heavy atom. The van der Waals surface area contributed by atoms with Gasteiger partial charge in [0.1, 0.15) is 13.2 Å². The predicted octanol–water partition coefficient (Wildman–Crippen LogP) is 3.35. The molecule has 1 heterocycles. The summed E-state index contributed by atoms with van der Waals surface area (Å²) >= 11 is 0. The van der Waals surface area contributed by atoms with Crippen molar-refractivity contribution in [2.45, 2.75) is 52.2 Å². The van der Waals surface area contributed by atoms with Crippen LogP contribution in [0, 0.1) is 11.8 Å². The van der Waals surface area contributed by atoms with Gasteiger partial charge in [-0.15, -0.1) is 0 Å². The van der Waals surface area contributed by atoms with Crippen LogP contribution < -0.4 is 19.5 Å². The summed E-state index contributed by atoms with van der Waals surface area (Å²) in [6.45, 7) is 6.88. The molecule has 30 heavy (non-hydrogen) atoms. The molecule has 0 saturated heterocycles. The van der Waals surface area contributed by atoms with E-state index in [1.54, 1.807) is 32.2 Å². The van der Waals surface area contributed by atoms with Crippen LogP contribution >= 0.6 is 0 Å². The summed E-state index contributed by atoms with van der Waals surface area (Å²) in [5.74, 6) is 1.80. The van der Waals surface area contributed by atoms with Gasteiger partial charge >= 0.3 is 5.97 Å². The highest BCUT2D eigenvalue weighted by Crippen LogP contribution is 2.40. The molecule has 0 aromatic heterocycles. The number of fused-ring (bicyclic) bond motifs is 1. The minimum Gasteiger partial charge on any atom is -0.493 e. The van der Waals surface area contributed by atoms with Gasteiger partial charge in [0.25, 0.3) is 5.91 Å². The highest BCUT2D eigenvalue weighted by molar-refractivity contribution is 5.90. The smallest absolute Gasteiger partial charge is 0.331 e. The van der Waals surface area contributed by atoms with Crippen LogP contribution in [-0.4, -0.2) is 44.3 Å². The number of amides is 1. The number of benzene rings is 1. The Labute approximate surface area is 177 Å². The van der Waals surface area contributed by atoms with Crippen molar-refractivity contribution in [1.82, 2.24) is 5.32 Å². The predicted molar refractivity (Wildman–Crippen MR) is 113 cm³/mol. The Hall–Kier alpha value is -2.70. The Morgan fingerprint density at radius 3 is 2.73 bits per heavy atom. The summed E-state index contributed by atoms with van der Waals surface area (Å²) < 4.78 is 21.8. The van der Waals surface area contributed by atoms with Gasteiger partial charge < -0.3 is 24.3 Å². The molecule has 0 bridgehead atoms. The van der Waals surface area contributed by atoms with Crippen molar-refractivity contribution in [3.8, 4) is 17.2 Å². The second-order valence-corrected chi connectivity index (χ2v) is 8.04. The lowest BCUT2D eigenvalue weighted by molar-refractivity contribution is -0.150. The number of nitrogens with one attached hydrogen (secondary N) is 1. The topological polar surface area (TPSA) is 83.1 Å². The third-order valence-corrected chi connectivity index (χ3v) is 5.96. The Morgan fingerprint density at radius 1 is 1.20 bits per heavy atom. The molecule has 7 nitrogen and oxygen atoms in total. The Kier molecular flexibility index (Phi) is 7.24. The normalized spacial score (nSPS) is 24.2. The van der Waals surface area contributed by atoms with Gasteiger partial charge in [-0.2, -0.15) is 0 Å². The monoisotopic (exact) mass is 417 g/mol. The van der Waals surface area contributed by atoms with Gasteiger partial charge in [0.15, 0.2) is 17.6 Å². The van der Waals surface area contributed by atoms with Crippen LogP contribution in [0.1, 0.15) is 45.6 Å². The molecule has 164 valence electrons. The first kappa shape index (κ1) is 22.0. The van der Waals surface area contributed by atoms with Crippen LogP contribution in [0.3, 0.4) is 0 Å². The number of rotatable bonds is 6.